The second kappa shape index (κ2) is 13.2. The number of thiophene rings is 1. The monoisotopic (exact) mass is 420 g/mol. The molecule has 1 saturated heterocycles. The highest BCUT2D eigenvalue weighted by atomic mass is 32.1. The summed E-state index contributed by atoms with van der Waals surface area (Å²) >= 11 is 1.79. The zero-order valence-electron chi connectivity index (χ0n) is 18.2. The van der Waals surface area contributed by atoms with Crippen LogP contribution in [0.4, 0.5) is 0 Å². The van der Waals surface area contributed by atoms with Crippen LogP contribution in [0.2, 0.25) is 0 Å². The van der Waals surface area contributed by atoms with Gasteiger partial charge in [-0.3, -0.25) is 9.89 Å². The molecule has 1 aromatic rings. The Labute approximate surface area is 181 Å². The number of nitrogens with one attached hydrogen (secondary N) is 2. The fraction of sp³-hybridized carbons (Fsp3) is 0.783. The standard InChI is InChI=1S/C23H40N4OS/c1-24-23(25-13-6-3-7-16-28-22-8-4-2-5-9-22)26-21-10-14-27(15-11-21)18-20-12-17-29-19-20/h12,17,19,21-22H,2-11,13-16,18H2,1H3,(H2,24,25,26). The van der Waals surface area contributed by atoms with Gasteiger partial charge in [0.25, 0.3) is 0 Å². The Morgan fingerprint density at radius 3 is 2.69 bits per heavy atom. The van der Waals surface area contributed by atoms with Crippen LogP contribution >= 0.6 is 11.3 Å². The van der Waals surface area contributed by atoms with Gasteiger partial charge >= 0.3 is 0 Å². The Hall–Kier alpha value is -1.11. The molecule has 0 spiro atoms. The molecule has 0 unspecified atom stereocenters. The second-order valence-electron chi connectivity index (χ2n) is 8.52. The number of ether oxygens (including phenoxy) is 1. The van der Waals surface area contributed by atoms with Gasteiger partial charge in [0.05, 0.1) is 6.10 Å². The van der Waals surface area contributed by atoms with Crippen molar-refractivity contribution in [2.75, 3.05) is 33.3 Å². The average molecular weight is 421 g/mol. The van der Waals surface area contributed by atoms with E-state index in [1.165, 1.54) is 69.8 Å². The van der Waals surface area contributed by atoms with E-state index in [-0.39, 0.29) is 0 Å². The Kier molecular flexibility index (Phi) is 10.3. The third-order valence-corrected chi connectivity index (χ3v) is 6.89. The molecule has 29 heavy (non-hydrogen) atoms. The fourth-order valence-corrected chi connectivity index (χ4v) is 5.02. The maximum Gasteiger partial charge on any atom is 0.191 e. The summed E-state index contributed by atoms with van der Waals surface area (Å²) in [5.74, 6) is 0.958. The lowest BCUT2D eigenvalue weighted by Gasteiger charge is -2.33. The molecule has 5 nitrogen and oxygen atoms in total. The third-order valence-electron chi connectivity index (χ3n) is 6.16. The lowest BCUT2D eigenvalue weighted by atomic mass is 9.98. The summed E-state index contributed by atoms with van der Waals surface area (Å²) in [5.41, 5.74) is 1.45. The van der Waals surface area contributed by atoms with E-state index in [1.807, 2.05) is 7.05 Å². The third kappa shape index (κ3) is 8.65. The lowest BCUT2D eigenvalue weighted by Crippen LogP contribution is -2.48. The van der Waals surface area contributed by atoms with Crippen molar-refractivity contribution in [3.05, 3.63) is 22.4 Å². The number of unbranched alkanes of at least 4 members (excludes halogenated alkanes) is 2. The summed E-state index contributed by atoms with van der Waals surface area (Å²) in [6.07, 6.45) is 13.1. The number of likely N-dealkylation sites (tertiary alicyclic amines) is 1. The van der Waals surface area contributed by atoms with Gasteiger partial charge in [-0.15, -0.1) is 0 Å². The van der Waals surface area contributed by atoms with Crippen LogP contribution in [0.5, 0.6) is 0 Å². The van der Waals surface area contributed by atoms with E-state index in [4.69, 9.17) is 4.74 Å². The maximum absolute atomic E-state index is 6.01. The molecule has 2 N–H and O–H groups in total. The molecule has 2 fully saturated rings. The predicted octanol–water partition coefficient (Wildman–Crippen LogP) is 4.40. The zero-order chi connectivity index (χ0) is 20.2. The molecule has 164 valence electrons. The van der Waals surface area contributed by atoms with Gasteiger partial charge in [-0.25, -0.2) is 0 Å². The van der Waals surface area contributed by atoms with Gasteiger partial charge in [-0.1, -0.05) is 19.3 Å². The second-order valence-corrected chi connectivity index (χ2v) is 9.30. The quantitative estimate of drug-likeness (QED) is 0.335. The predicted molar refractivity (Wildman–Crippen MR) is 124 cm³/mol. The van der Waals surface area contributed by atoms with Crippen molar-refractivity contribution in [3.8, 4) is 0 Å². The van der Waals surface area contributed by atoms with Crippen LogP contribution in [0.3, 0.4) is 0 Å². The van der Waals surface area contributed by atoms with Crippen molar-refractivity contribution in [1.29, 1.82) is 0 Å². The Bertz CT molecular complexity index is 563. The first-order chi connectivity index (χ1) is 14.3. The molecule has 1 aromatic heterocycles. The van der Waals surface area contributed by atoms with Crippen molar-refractivity contribution < 1.29 is 4.74 Å². The SMILES string of the molecule is CN=C(NCCCCCOC1CCCCC1)NC1CCN(Cc2ccsc2)CC1. The summed E-state index contributed by atoms with van der Waals surface area (Å²) in [4.78, 5) is 6.98. The molecule has 1 aliphatic carbocycles. The molecular formula is C23H40N4OS. The van der Waals surface area contributed by atoms with Crippen LogP contribution in [-0.2, 0) is 11.3 Å². The molecule has 3 rings (SSSR count). The van der Waals surface area contributed by atoms with Gasteiger partial charge < -0.3 is 15.4 Å². The molecule has 0 bridgehead atoms. The summed E-state index contributed by atoms with van der Waals surface area (Å²) in [6.45, 7) is 5.33. The van der Waals surface area contributed by atoms with E-state index in [2.05, 4.69) is 37.4 Å². The first-order valence-corrected chi connectivity index (χ1v) is 12.6. The molecule has 0 aromatic carbocycles. The van der Waals surface area contributed by atoms with Crippen LogP contribution in [0.1, 0.15) is 69.8 Å². The van der Waals surface area contributed by atoms with Crippen LogP contribution in [0.25, 0.3) is 0 Å². The van der Waals surface area contributed by atoms with Gasteiger partial charge in [0.15, 0.2) is 5.96 Å². The van der Waals surface area contributed by atoms with Crippen molar-refractivity contribution in [3.63, 3.8) is 0 Å². The maximum atomic E-state index is 6.01. The summed E-state index contributed by atoms with van der Waals surface area (Å²) in [6, 6.07) is 2.77. The summed E-state index contributed by atoms with van der Waals surface area (Å²) in [7, 11) is 1.87. The number of aliphatic imine (C=N–C) groups is 1. The van der Waals surface area contributed by atoms with Crippen LogP contribution < -0.4 is 10.6 Å². The number of piperidine rings is 1. The Morgan fingerprint density at radius 1 is 1.14 bits per heavy atom. The van der Waals surface area contributed by atoms with Crippen LogP contribution in [0.15, 0.2) is 21.8 Å². The van der Waals surface area contributed by atoms with E-state index in [0.717, 1.165) is 38.7 Å². The Balaban J connectivity index is 1.20. The number of rotatable bonds is 10. The molecule has 6 heteroatoms. The summed E-state index contributed by atoms with van der Waals surface area (Å²) in [5, 5.41) is 11.5. The molecule has 0 radical (unpaired) electrons. The van der Waals surface area contributed by atoms with E-state index >= 15 is 0 Å². The smallest absolute Gasteiger partial charge is 0.191 e. The minimum absolute atomic E-state index is 0.531. The molecule has 0 amide bonds. The minimum atomic E-state index is 0.531. The van der Waals surface area contributed by atoms with Gasteiger partial charge in [0.1, 0.15) is 0 Å². The number of nitrogens with zero attached hydrogens (tertiary/aromatic N) is 2. The van der Waals surface area contributed by atoms with Gasteiger partial charge in [0.2, 0.25) is 0 Å². The molecule has 1 aliphatic heterocycles. The topological polar surface area (TPSA) is 48.9 Å². The van der Waals surface area contributed by atoms with Crippen molar-refractivity contribution >= 4 is 17.3 Å². The minimum Gasteiger partial charge on any atom is -0.378 e. The largest absolute Gasteiger partial charge is 0.378 e. The molecular weight excluding hydrogens is 380 g/mol. The van der Waals surface area contributed by atoms with Crippen LogP contribution in [-0.4, -0.2) is 56.3 Å². The first kappa shape index (κ1) is 22.6. The lowest BCUT2D eigenvalue weighted by molar-refractivity contribution is 0.0264. The van der Waals surface area contributed by atoms with E-state index in [1.54, 1.807) is 11.3 Å². The normalized spacial score (nSPS) is 20.1. The van der Waals surface area contributed by atoms with Crippen molar-refractivity contribution in [2.45, 2.75) is 82.9 Å². The van der Waals surface area contributed by atoms with Gasteiger partial charge in [-0.05, 0) is 67.3 Å². The van der Waals surface area contributed by atoms with Crippen molar-refractivity contribution in [2.24, 2.45) is 4.99 Å². The number of hydrogen-bond donors (Lipinski definition) is 2. The number of hydrogen-bond acceptors (Lipinski definition) is 4. The molecule has 2 aliphatic rings. The van der Waals surface area contributed by atoms with E-state index in [9.17, 15) is 0 Å². The van der Waals surface area contributed by atoms with Crippen molar-refractivity contribution in [1.82, 2.24) is 15.5 Å². The zero-order valence-corrected chi connectivity index (χ0v) is 19.0. The highest BCUT2D eigenvalue weighted by Crippen LogP contribution is 2.20. The number of guanidine groups is 1. The fourth-order valence-electron chi connectivity index (χ4n) is 4.36. The summed E-state index contributed by atoms with van der Waals surface area (Å²) < 4.78 is 6.01. The van der Waals surface area contributed by atoms with Crippen LogP contribution in [0, 0.1) is 0 Å². The Morgan fingerprint density at radius 2 is 1.97 bits per heavy atom. The molecule has 1 saturated carbocycles. The highest BCUT2D eigenvalue weighted by Gasteiger charge is 2.20. The first-order valence-electron chi connectivity index (χ1n) is 11.7. The van der Waals surface area contributed by atoms with Gasteiger partial charge in [-0.2, -0.15) is 11.3 Å². The average Bonchev–Trinajstić information content (AvgIpc) is 3.27. The molecule has 0 atom stereocenters. The van der Waals surface area contributed by atoms with Gasteiger partial charge in [0, 0.05) is 45.9 Å². The molecule has 2 heterocycles. The van der Waals surface area contributed by atoms with E-state index in [0.29, 0.717) is 12.1 Å². The van der Waals surface area contributed by atoms with E-state index < -0.39 is 0 Å². The highest BCUT2D eigenvalue weighted by molar-refractivity contribution is 7.07.